The Balaban J connectivity index is 1.73. The van der Waals surface area contributed by atoms with Crippen LogP contribution in [0, 0.1) is 6.92 Å². The van der Waals surface area contributed by atoms with Gasteiger partial charge in [-0.05, 0) is 49.7 Å². The van der Waals surface area contributed by atoms with Crippen LogP contribution in [0.1, 0.15) is 28.4 Å². The minimum absolute atomic E-state index is 0.188. The van der Waals surface area contributed by atoms with Gasteiger partial charge >= 0.3 is 0 Å². The van der Waals surface area contributed by atoms with Crippen LogP contribution in [0.25, 0.3) is 0 Å². The molecule has 4 heteroatoms. The van der Waals surface area contributed by atoms with Gasteiger partial charge in [0.15, 0.2) is 11.5 Å². The van der Waals surface area contributed by atoms with E-state index in [0.717, 1.165) is 11.3 Å². The van der Waals surface area contributed by atoms with Gasteiger partial charge in [0.05, 0.1) is 6.61 Å². The molecule has 0 heterocycles. The van der Waals surface area contributed by atoms with Crippen LogP contribution in [0.4, 0.5) is 5.69 Å². The van der Waals surface area contributed by atoms with E-state index >= 15 is 0 Å². The molecule has 3 aromatic rings. The van der Waals surface area contributed by atoms with Crippen molar-refractivity contribution in [3.8, 4) is 11.5 Å². The van der Waals surface area contributed by atoms with Crippen molar-refractivity contribution in [1.82, 2.24) is 0 Å². The standard InChI is InChI=1S/C23H23NO3/c1-3-26-22-15-19(23(25)24-20-7-5-4-6-8-20)13-14-21(22)27-16-18-11-9-17(2)10-12-18/h4-15H,3,16H2,1-2H3,(H,24,25). The molecule has 1 amide bonds. The first-order chi connectivity index (χ1) is 13.2. The normalized spacial score (nSPS) is 10.3. The lowest BCUT2D eigenvalue weighted by molar-refractivity contribution is 0.102. The molecular weight excluding hydrogens is 338 g/mol. The Kier molecular flexibility index (Phi) is 6.10. The number of hydrogen-bond donors (Lipinski definition) is 1. The zero-order chi connectivity index (χ0) is 19.1. The summed E-state index contributed by atoms with van der Waals surface area (Å²) in [5.74, 6) is 0.992. The summed E-state index contributed by atoms with van der Waals surface area (Å²) in [7, 11) is 0. The number of carbonyl (C=O) groups is 1. The van der Waals surface area contributed by atoms with Crippen molar-refractivity contribution < 1.29 is 14.3 Å². The number of anilines is 1. The molecule has 3 aromatic carbocycles. The molecule has 0 radical (unpaired) electrons. The van der Waals surface area contributed by atoms with Gasteiger partial charge in [0.25, 0.3) is 5.91 Å². The number of amides is 1. The van der Waals surface area contributed by atoms with E-state index < -0.39 is 0 Å². The summed E-state index contributed by atoms with van der Waals surface area (Å²) in [5, 5.41) is 2.87. The van der Waals surface area contributed by atoms with Gasteiger partial charge in [-0.1, -0.05) is 48.0 Å². The van der Waals surface area contributed by atoms with Crippen molar-refractivity contribution >= 4 is 11.6 Å². The Bertz CT molecular complexity index is 889. The Morgan fingerprint density at radius 1 is 0.889 bits per heavy atom. The van der Waals surface area contributed by atoms with Crippen LogP contribution >= 0.6 is 0 Å². The Labute approximate surface area is 159 Å². The SMILES string of the molecule is CCOc1cc(C(=O)Nc2ccccc2)ccc1OCc1ccc(C)cc1. The summed E-state index contributed by atoms with van der Waals surface area (Å²) in [6, 6.07) is 22.8. The molecule has 0 spiro atoms. The van der Waals surface area contributed by atoms with Gasteiger partial charge in [0, 0.05) is 11.3 Å². The topological polar surface area (TPSA) is 47.6 Å². The van der Waals surface area contributed by atoms with Gasteiger partial charge in [0.2, 0.25) is 0 Å². The second-order valence-electron chi connectivity index (χ2n) is 6.19. The maximum absolute atomic E-state index is 12.5. The number of ether oxygens (including phenoxy) is 2. The van der Waals surface area contributed by atoms with Gasteiger partial charge in [-0.25, -0.2) is 0 Å². The third kappa shape index (κ3) is 5.11. The number of hydrogen-bond acceptors (Lipinski definition) is 3. The smallest absolute Gasteiger partial charge is 0.255 e. The maximum atomic E-state index is 12.5. The predicted octanol–water partition coefficient (Wildman–Crippen LogP) is 5.23. The average Bonchev–Trinajstić information content (AvgIpc) is 2.69. The first-order valence-corrected chi connectivity index (χ1v) is 8.97. The Hall–Kier alpha value is -3.27. The first-order valence-electron chi connectivity index (χ1n) is 8.97. The zero-order valence-corrected chi connectivity index (χ0v) is 15.6. The van der Waals surface area contributed by atoms with Crippen LogP contribution in [0.3, 0.4) is 0 Å². The molecule has 4 nitrogen and oxygen atoms in total. The molecule has 27 heavy (non-hydrogen) atoms. The number of nitrogens with one attached hydrogen (secondary N) is 1. The Morgan fingerprint density at radius 3 is 2.33 bits per heavy atom. The highest BCUT2D eigenvalue weighted by Gasteiger charge is 2.12. The van der Waals surface area contributed by atoms with Gasteiger partial charge in [-0.3, -0.25) is 4.79 Å². The van der Waals surface area contributed by atoms with Crippen molar-refractivity contribution in [2.24, 2.45) is 0 Å². The lowest BCUT2D eigenvalue weighted by Crippen LogP contribution is -2.12. The van der Waals surface area contributed by atoms with Crippen molar-refractivity contribution in [1.29, 1.82) is 0 Å². The number of para-hydroxylation sites is 1. The summed E-state index contributed by atoms with van der Waals surface area (Å²) < 4.78 is 11.6. The summed E-state index contributed by atoms with van der Waals surface area (Å²) in [6.45, 7) is 4.89. The number of carbonyl (C=O) groups excluding carboxylic acids is 1. The van der Waals surface area contributed by atoms with Crippen LogP contribution in [0.2, 0.25) is 0 Å². The molecule has 0 aromatic heterocycles. The molecule has 0 aliphatic carbocycles. The second-order valence-corrected chi connectivity index (χ2v) is 6.19. The molecule has 0 fully saturated rings. The largest absolute Gasteiger partial charge is 0.490 e. The molecule has 0 saturated carbocycles. The van der Waals surface area contributed by atoms with E-state index in [2.05, 4.69) is 24.4 Å². The van der Waals surface area contributed by atoms with E-state index in [1.807, 2.05) is 49.4 Å². The van der Waals surface area contributed by atoms with Crippen molar-refractivity contribution in [2.45, 2.75) is 20.5 Å². The lowest BCUT2D eigenvalue weighted by Gasteiger charge is -2.14. The van der Waals surface area contributed by atoms with E-state index in [4.69, 9.17) is 9.47 Å². The van der Waals surface area contributed by atoms with E-state index in [9.17, 15) is 4.79 Å². The fourth-order valence-corrected chi connectivity index (χ4v) is 2.61. The van der Waals surface area contributed by atoms with Crippen LogP contribution in [-0.2, 0) is 6.61 Å². The minimum atomic E-state index is -0.188. The number of aryl methyl sites for hydroxylation is 1. The van der Waals surface area contributed by atoms with Crippen molar-refractivity contribution in [3.05, 3.63) is 89.5 Å². The fourth-order valence-electron chi connectivity index (χ4n) is 2.61. The molecule has 1 N–H and O–H groups in total. The van der Waals surface area contributed by atoms with Crippen LogP contribution in [-0.4, -0.2) is 12.5 Å². The molecule has 0 bridgehead atoms. The second kappa shape index (κ2) is 8.90. The van der Waals surface area contributed by atoms with Gasteiger partial charge in [-0.15, -0.1) is 0 Å². The zero-order valence-electron chi connectivity index (χ0n) is 15.6. The van der Waals surface area contributed by atoms with E-state index in [1.165, 1.54) is 5.56 Å². The highest BCUT2D eigenvalue weighted by molar-refractivity contribution is 6.04. The highest BCUT2D eigenvalue weighted by atomic mass is 16.5. The summed E-state index contributed by atoms with van der Waals surface area (Å²) in [5.41, 5.74) is 3.56. The first kappa shape index (κ1) is 18.5. The van der Waals surface area contributed by atoms with Crippen LogP contribution in [0.15, 0.2) is 72.8 Å². The molecule has 0 saturated heterocycles. The Morgan fingerprint density at radius 2 is 1.63 bits per heavy atom. The van der Waals surface area contributed by atoms with Crippen molar-refractivity contribution in [2.75, 3.05) is 11.9 Å². The monoisotopic (exact) mass is 361 g/mol. The van der Waals surface area contributed by atoms with E-state index in [1.54, 1.807) is 18.2 Å². The summed E-state index contributed by atoms with van der Waals surface area (Å²) >= 11 is 0. The van der Waals surface area contributed by atoms with E-state index in [0.29, 0.717) is 30.3 Å². The molecule has 0 unspecified atom stereocenters. The predicted molar refractivity (Wildman–Crippen MR) is 108 cm³/mol. The quantitative estimate of drug-likeness (QED) is 0.627. The maximum Gasteiger partial charge on any atom is 0.255 e. The van der Waals surface area contributed by atoms with Gasteiger partial charge in [0.1, 0.15) is 6.61 Å². The molecule has 0 aliphatic heterocycles. The summed E-state index contributed by atoms with van der Waals surface area (Å²) in [6.07, 6.45) is 0. The third-order valence-electron chi connectivity index (χ3n) is 4.05. The molecule has 138 valence electrons. The van der Waals surface area contributed by atoms with Gasteiger partial charge in [-0.2, -0.15) is 0 Å². The fraction of sp³-hybridized carbons (Fsp3) is 0.174. The summed E-state index contributed by atoms with van der Waals surface area (Å²) in [4.78, 5) is 12.5. The minimum Gasteiger partial charge on any atom is -0.490 e. The highest BCUT2D eigenvalue weighted by Crippen LogP contribution is 2.29. The number of benzene rings is 3. The van der Waals surface area contributed by atoms with Crippen molar-refractivity contribution in [3.63, 3.8) is 0 Å². The van der Waals surface area contributed by atoms with Gasteiger partial charge < -0.3 is 14.8 Å². The molecule has 0 atom stereocenters. The molecule has 3 rings (SSSR count). The molecule has 0 aliphatic rings. The third-order valence-corrected chi connectivity index (χ3v) is 4.05. The van der Waals surface area contributed by atoms with Crippen LogP contribution < -0.4 is 14.8 Å². The van der Waals surface area contributed by atoms with E-state index in [-0.39, 0.29) is 5.91 Å². The molecular formula is C23H23NO3. The van der Waals surface area contributed by atoms with Crippen LogP contribution in [0.5, 0.6) is 11.5 Å². The lowest BCUT2D eigenvalue weighted by atomic mass is 10.1. The number of rotatable bonds is 7. The average molecular weight is 361 g/mol.